The molecule has 0 aliphatic rings. The number of hydrogen-bond acceptors (Lipinski definition) is 6. The number of nitrogens with zero attached hydrogens (tertiary/aromatic N) is 2. The summed E-state index contributed by atoms with van der Waals surface area (Å²) in [7, 11) is 1.64. The molecule has 2 aromatic heterocycles. The lowest BCUT2D eigenvalue weighted by atomic mass is 10.2. The van der Waals surface area contributed by atoms with Gasteiger partial charge in [-0.05, 0) is 43.7 Å². The van der Waals surface area contributed by atoms with Gasteiger partial charge in [0, 0.05) is 22.0 Å². The van der Waals surface area contributed by atoms with Gasteiger partial charge in [-0.15, -0.1) is 11.3 Å². The van der Waals surface area contributed by atoms with Crippen LogP contribution in [0.3, 0.4) is 0 Å². The van der Waals surface area contributed by atoms with E-state index in [-0.39, 0.29) is 11.3 Å². The summed E-state index contributed by atoms with van der Waals surface area (Å²) in [5.74, 6) is -0.805. The predicted octanol–water partition coefficient (Wildman–Crippen LogP) is 2.93. The molecule has 2 heterocycles. The molecular formula is C18H17BrN4O3S2. The van der Waals surface area contributed by atoms with Gasteiger partial charge in [0.25, 0.3) is 11.5 Å². The maximum Gasteiger partial charge on any atom is 0.269 e. The zero-order chi connectivity index (χ0) is 20.4. The van der Waals surface area contributed by atoms with Gasteiger partial charge in [0.05, 0.1) is 11.1 Å². The van der Waals surface area contributed by atoms with Crippen molar-refractivity contribution in [2.24, 2.45) is 7.05 Å². The molecule has 1 aromatic carbocycles. The van der Waals surface area contributed by atoms with E-state index in [1.54, 1.807) is 31.3 Å². The second-order valence-electron chi connectivity index (χ2n) is 6.02. The maximum absolute atomic E-state index is 12.6. The standard InChI is InChI=1S/C18H17BrN4O3S2/c1-9-10(2)28-16-14(9)17(26)23(3)18(20-16)27-8-13(24)21-22-15(25)11-4-6-12(19)7-5-11/h4-7H,8H2,1-3H3,(H,21,24)(H,22,25). The number of aryl methyl sites for hydroxylation is 2. The average molecular weight is 481 g/mol. The Morgan fingerprint density at radius 3 is 2.57 bits per heavy atom. The van der Waals surface area contributed by atoms with Crippen LogP contribution in [0.15, 0.2) is 38.7 Å². The van der Waals surface area contributed by atoms with E-state index in [2.05, 4.69) is 31.8 Å². The van der Waals surface area contributed by atoms with Crippen molar-refractivity contribution in [3.63, 3.8) is 0 Å². The van der Waals surface area contributed by atoms with Crippen LogP contribution in [0, 0.1) is 13.8 Å². The van der Waals surface area contributed by atoms with Crippen LogP contribution in [0.4, 0.5) is 0 Å². The zero-order valence-electron chi connectivity index (χ0n) is 15.3. The Hall–Kier alpha value is -2.17. The Morgan fingerprint density at radius 1 is 1.21 bits per heavy atom. The van der Waals surface area contributed by atoms with Crippen molar-refractivity contribution in [3.05, 3.63) is 55.1 Å². The fraction of sp³-hybridized carbons (Fsp3) is 0.222. The summed E-state index contributed by atoms with van der Waals surface area (Å²) >= 11 is 5.90. The van der Waals surface area contributed by atoms with Crippen molar-refractivity contribution in [2.45, 2.75) is 19.0 Å². The second kappa shape index (κ2) is 8.46. The number of rotatable bonds is 4. The molecule has 0 aliphatic carbocycles. The number of thioether (sulfide) groups is 1. The maximum atomic E-state index is 12.6. The van der Waals surface area contributed by atoms with Gasteiger partial charge in [-0.25, -0.2) is 4.98 Å². The van der Waals surface area contributed by atoms with E-state index in [1.165, 1.54) is 15.9 Å². The molecule has 2 N–H and O–H groups in total. The fourth-order valence-electron chi connectivity index (χ4n) is 2.45. The number of hydrazine groups is 1. The molecule has 0 bridgehead atoms. The first-order chi connectivity index (χ1) is 13.3. The van der Waals surface area contributed by atoms with Gasteiger partial charge in [-0.2, -0.15) is 0 Å². The lowest BCUT2D eigenvalue weighted by Gasteiger charge is -2.09. The van der Waals surface area contributed by atoms with Crippen LogP contribution in [-0.2, 0) is 11.8 Å². The number of aromatic nitrogens is 2. The number of benzene rings is 1. The van der Waals surface area contributed by atoms with Gasteiger partial charge in [-0.3, -0.25) is 29.8 Å². The van der Waals surface area contributed by atoms with Gasteiger partial charge >= 0.3 is 0 Å². The first kappa shape index (κ1) is 20.6. The molecule has 7 nitrogen and oxygen atoms in total. The van der Waals surface area contributed by atoms with E-state index in [0.29, 0.717) is 20.9 Å². The molecule has 2 amide bonds. The molecule has 10 heteroatoms. The van der Waals surface area contributed by atoms with Crippen molar-refractivity contribution >= 4 is 61.1 Å². The molecule has 0 unspecified atom stereocenters. The van der Waals surface area contributed by atoms with Crippen molar-refractivity contribution in [3.8, 4) is 0 Å². The number of hydrogen-bond donors (Lipinski definition) is 2. The number of halogens is 1. The van der Waals surface area contributed by atoms with Gasteiger partial charge in [0.1, 0.15) is 4.83 Å². The third kappa shape index (κ3) is 4.29. The SMILES string of the molecule is Cc1sc2nc(SCC(=O)NNC(=O)c3ccc(Br)cc3)n(C)c(=O)c2c1C. The summed E-state index contributed by atoms with van der Waals surface area (Å²) < 4.78 is 2.30. The third-order valence-electron chi connectivity index (χ3n) is 4.12. The normalized spacial score (nSPS) is 10.9. The molecule has 28 heavy (non-hydrogen) atoms. The highest BCUT2D eigenvalue weighted by Crippen LogP contribution is 2.27. The van der Waals surface area contributed by atoms with Crippen LogP contribution >= 0.6 is 39.0 Å². The first-order valence-corrected chi connectivity index (χ1v) is 10.8. The second-order valence-corrected chi connectivity index (χ2v) is 9.08. The number of carbonyl (C=O) groups excluding carboxylic acids is 2. The Kier molecular flexibility index (Phi) is 6.21. The minimum atomic E-state index is -0.415. The van der Waals surface area contributed by atoms with Crippen LogP contribution in [0.25, 0.3) is 10.2 Å². The van der Waals surface area contributed by atoms with E-state index >= 15 is 0 Å². The zero-order valence-corrected chi connectivity index (χ0v) is 18.5. The molecule has 0 radical (unpaired) electrons. The van der Waals surface area contributed by atoms with E-state index in [1.807, 2.05) is 13.8 Å². The molecule has 0 saturated carbocycles. The van der Waals surface area contributed by atoms with Crippen molar-refractivity contribution in [1.82, 2.24) is 20.4 Å². The lowest BCUT2D eigenvalue weighted by Crippen LogP contribution is -2.42. The van der Waals surface area contributed by atoms with E-state index < -0.39 is 11.8 Å². The summed E-state index contributed by atoms with van der Waals surface area (Å²) in [5, 5.41) is 1.08. The van der Waals surface area contributed by atoms with Gasteiger partial charge in [0.2, 0.25) is 5.91 Å². The van der Waals surface area contributed by atoms with Crippen LogP contribution < -0.4 is 16.4 Å². The Bertz CT molecular complexity index is 1120. The van der Waals surface area contributed by atoms with E-state index in [0.717, 1.165) is 26.7 Å². The number of thiophene rings is 1. The van der Waals surface area contributed by atoms with Crippen molar-refractivity contribution in [1.29, 1.82) is 0 Å². The molecule has 0 fully saturated rings. The molecule has 3 rings (SSSR count). The van der Waals surface area contributed by atoms with Crippen LogP contribution in [0.5, 0.6) is 0 Å². The minimum Gasteiger partial charge on any atom is -0.290 e. The molecule has 3 aromatic rings. The number of amides is 2. The number of carbonyl (C=O) groups is 2. The summed E-state index contributed by atoms with van der Waals surface area (Å²) in [6.45, 7) is 3.86. The topological polar surface area (TPSA) is 93.1 Å². The highest BCUT2D eigenvalue weighted by atomic mass is 79.9. The highest BCUT2D eigenvalue weighted by Gasteiger charge is 2.16. The Morgan fingerprint density at radius 2 is 1.89 bits per heavy atom. The predicted molar refractivity (Wildman–Crippen MR) is 115 cm³/mol. The fourth-order valence-corrected chi connectivity index (χ4v) is 4.56. The van der Waals surface area contributed by atoms with E-state index in [4.69, 9.17) is 0 Å². The smallest absolute Gasteiger partial charge is 0.269 e. The Balaban J connectivity index is 1.63. The summed E-state index contributed by atoms with van der Waals surface area (Å²) in [4.78, 5) is 42.9. The lowest BCUT2D eigenvalue weighted by molar-refractivity contribution is -0.119. The first-order valence-electron chi connectivity index (χ1n) is 8.22. The minimum absolute atomic E-state index is 0.00967. The Labute approximate surface area is 177 Å². The molecule has 0 spiro atoms. The van der Waals surface area contributed by atoms with Gasteiger partial charge in [0.15, 0.2) is 5.16 Å². The average Bonchev–Trinajstić information content (AvgIpc) is 2.96. The van der Waals surface area contributed by atoms with Crippen molar-refractivity contribution in [2.75, 3.05) is 5.75 Å². The largest absolute Gasteiger partial charge is 0.290 e. The van der Waals surface area contributed by atoms with Crippen molar-refractivity contribution < 1.29 is 9.59 Å². The molecule has 0 saturated heterocycles. The quantitative estimate of drug-likeness (QED) is 0.340. The van der Waals surface area contributed by atoms with Gasteiger partial charge < -0.3 is 0 Å². The van der Waals surface area contributed by atoms with Gasteiger partial charge in [-0.1, -0.05) is 27.7 Å². The van der Waals surface area contributed by atoms with Crippen LogP contribution in [0.2, 0.25) is 0 Å². The number of nitrogens with one attached hydrogen (secondary N) is 2. The summed E-state index contributed by atoms with van der Waals surface area (Å²) in [6, 6.07) is 6.76. The highest BCUT2D eigenvalue weighted by molar-refractivity contribution is 9.10. The molecule has 146 valence electrons. The third-order valence-corrected chi connectivity index (χ3v) is 6.78. The number of fused-ring (bicyclic) bond motifs is 1. The summed E-state index contributed by atoms with van der Waals surface area (Å²) in [5.41, 5.74) is 5.97. The molecular weight excluding hydrogens is 464 g/mol. The van der Waals surface area contributed by atoms with E-state index in [9.17, 15) is 14.4 Å². The monoisotopic (exact) mass is 480 g/mol. The molecule has 0 atom stereocenters. The van der Waals surface area contributed by atoms with Crippen LogP contribution in [0.1, 0.15) is 20.8 Å². The van der Waals surface area contributed by atoms with Crippen LogP contribution in [-0.4, -0.2) is 27.1 Å². The summed E-state index contributed by atoms with van der Waals surface area (Å²) in [6.07, 6.45) is 0. The molecule has 0 aliphatic heterocycles.